The number of aromatic nitrogens is 2. The van der Waals surface area contributed by atoms with Gasteiger partial charge in [-0.1, -0.05) is 0 Å². The molecule has 1 aromatic heterocycles. The zero-order chi connectivity index (χ0) is 11.3. The van der Waals surface area contributed by atoms with Crippen LogP contribution in [0.25, 0.3) is 0 Å². The first-order chi connectivity index (χ1) is 7.03. The SMILES string of the molecule is CCOC(=O)NS(=O)(=O)Nc1ccn[nH]1. The second kappa shape index (κ2) is 4.64. The molecule has 8 nitrogen and oxygen atoms in total. The van der Waals surface area contributed by atoms with E-state index < -0.39 is 16.3 Å². The normalized spacial score (nSPS) is 10.7. The predicted octanol–water partition coefficient (Wildman–Crippen LogP) is -0.188. The number of nitrogens with zero attached hydrogens (tertiary/aromatic N) is 1. The van der Waals surface area contributed by atoms with Crippen molar-refractivity contribution in [1.29, 1.82) is 0 Å². The molecule has 3 N–H and O–H groups in total. The molecule has 0 saturated heterocycles. The first-order valence-electron chi connectivity index (χ1n) is 4.00. The van der Waals surface area contributed by atoms with Crippen LogP contribution >= 0.6 is 0 Å². The van der Waals surface area contributed by atoms with E-state index in [2.05, 4.69) is 14.9 Å². The summed E-state index contributed by atoms with van der Waals surface area (Å²) in [6.07, 6.45) is 0.326. The largest absolute Gasteiger partial charge is 0.449 e. The Morgan fingerprint density at radius 3 is 2.93 bits per heavy atom. The van der Waals surface area contributed by atoms with Crippen molar-refractivity contribution in [1.82, 2.24) is 14.9 Å². The Morgan fingerprint density at radius 1 is 1.67 bits per heavy atom. The third-order valence-corrected chi connectivity index (χ3v) is 2.16. The Morgan fingerprint density at radius 2 is 2.40 bits per heavy atom. The van der Waals surface area contributed by atoms with Gasteiger partial charge >= 0.3 is 16.3 Å². The third-order valence-electron chi connectivity index (χ3n) is 1.24. The molecule has 0 saturated carbocycles. The second-order valence-electron chi connectivity index (χ2n) is 2.40. The van der Waals surface area contributed by atoms with Crippen LogP contribution in [0.4, 0.5) is 10.6 Å². The van der Waals surface area contributed by atoms with Crippen LogP contribution in [0.3, 0.4) is 0 Å². The van der Waals surface area contributed by atoms with Gasteiger partial charge in [0.2, 0.25) is 0 Å². The number of rotatable bonds is 4. The van der Waals surface area contributed by atoms with Gasteiger partial charge < -0.3 is 4.74 Å². The lowest BCUT2D eigenvalue weighted by Crippen LogP contribution is -2.35. The zero-order valence-corrected chi connectivity index (χ0v) is 8.67. The Kier molecular flexibility index (Phi) is 3.50. The first-order valence-corrected chi connectivity index (χ1v) is 5.48. The number of hydrogen-bond acceptors (Lipinski definition) is 5. The maximum Gasteiger partial charge on any atom is 0.422 e. The molecule has 0 atom stereocenters. The number of carbonyl (C=O) groups excluding carboxylic acids is 1. The summed E-state index contributed by atoms with van der Waals surface area (Å²) in [5.74, 6) is 0.145. The highest BCUT2D eigenvalue weighted by atomic mass is 32.2. The van der Waals surface area contributed by atoms with Crippen molar-refractivity contribution < 1.29 is 17.9 Å². The van der Waals surface area contributed by atoms with Crippen LogP contribution in [0.15, 0.2) is 12.3 Å². The highest BCUT2D eigenvalue weighted by molar-refractivity contribution is 7.91. The molecule has 1 heterocycles. The second-order valence-corrected chi connectivity index (χ2v) is 3.81. The number of ether oxygens (including phenoxy) is 1. The summed E-state index contributed by atoms with van der Waals surface area (Å²) in [5.41, 5.74) is 0. The van der Waals surface area contributed by atoms with E-state index in [0.29, 0.717) is 0 Å². The van der Waals surface area contributed by atoms with Crippen molar-refractivity contribution in [3.8, 4) is 0 Å². The molecule has 0 spiro atoms. The first kappa shape index (κ1) is 11.3. The lowest BCUT2D eigenvalue weighted by atomic mass is 10.7. The quantitative estimate of drug-likeness (QED) is 0.668. The monoisotopic (exact) mass is 234 g/mol. The van der Waals surface area contributed by atoms with Crippen LogP contribution in [0, 0.1) is 0 Å². The van der Waals surface area contributed by atoms with Crippen molar-refractivity contribution in [2.75, 3.05) is 11.3 Å². The summed E-state index contributed by atoms with van der Waals surface area (Å²) >= 11 is 0. The molecule has 0 fully saturated rings. The van der Waals surface area contributed by atoms with Gasteiger partial charge in [0.05, 0.1) is 12.8 Å². The van der Waals surface area contributed by atoms with Crippen molar-refractivity contribution in [2.45, 2.75) is 6.92 Å². The standard InChI is InChI=1S/C6H10N4O4S/c1-2-14-6(11)10-15(12,13)9-5-3-4-7-8-5/h3-4H,2H2,1H3,(H,10,11)(H2,7,8,9). The number of amides is 1. The van der Waals surface area contributed by atoms with Crippen LogP contribution < -0.4 is 9.44 Å². The fourth-order valence-electron chi connectivity index (χ4n) is 0.753. The minimum Gasteiger partial charge on any atom is -0.449 e. The molecule has 0 aromatic carbocycles. The van der Waals surface area contributed by atoms with Crippen LogP contribution in [-0.2, 0) is 14.9 Å². The average Bonchev–Trinajstić information content (AvgIpc) is 2.54. The molecule has 84 valence electrons. The van der Waals surface area contributed by atoms with E-state index in [1.165, 1.54) is 12.3 Å². The minimum absolute atomic E-state index is 0.0887. The average molecular weight is 234 g/mol. The van der Waals surface area contributed by atoms with Gasteiger partial charge in [0, 0.05) is 6.07 Å². The van der Waals surface area contributed by atoms with Gasteiger partial charge in [0.25, 0.3) is 0 Å². The molecule has 15 heavy (non-hydrogen) atoms. The molecule has 0 aliphatic carbocycles. The Balaban J connectivity index is 2.57. The van der Waals surface area contributed by atoms with Crippen LogP contribution in [0.5, 0.6) is 0 Å². The Hall–Kier alpha value is -1.77. The lowest BCUT2D eigenvalue weighted by molar-refractivity contribution is 0.159. The maximum absolute atomic E-state index is 11.2. The number of H-pyrrole nitrogens is 1. The fourth-order valence-corrected chi connectivity index (χ4v) is 1.49. The Labute approximate surface area is 86.2 Å². The van der Waals surface area contributed by atoms with Gasteiger partial charge in [-0.3, -0.25) is 9.82 Å². The predicted molar refractivity (Wildman–Crippen MR) is 51.3 cm³/mol. The molecule has 0 bridgehead atoms. The number of nitrogens with one attached hydrogen (secondary N) is 3. The molecule has 0 unspecified atom stereocenters. The van der Waals surface area contributed by atoms with Gasteiger partial charge in [-0.2, -0.15) is 13.5 Å². The minimum atomic E-state index is -3.97. The highest BCUT2D eigenvalue weighted by Gasteiger charge is 2.15. The molecular formula is C6H10N4O4S. The zero-order valence-electron chi connectivity index (χ0n) is 7.85. The molecule has 0 radical (unpaired) electrons. The molecule has 0 aliphatic heterocycles. The van der Waals surface area contributed by atoms with E-state index in [1.807, 2.05) is 4.72 Å². The summed E-state index contributed by atoms with van der Waals surface area (Å²) in [4.78, 5) is 10.8. The smallest absolute Gasteiger partial charge is 0.422 e. The van der Waals surface area contributed by atoms with Crippen LogP contribution in [0.2, 0.25) is 0 Å². The molecule has 0 aliphatic rings. The van der Waals surface area contributed by atoms with Gasteiger partial charge in [-0.15, -0.1) is 0 Å². The molecule has 9 heteroatoms. The number of hydrogen-bond donors (Lipinski definition) is 3. The van der Waals surface area contributed by atoms with Crippen molar-refractivity contribution in [2.24, 2.45) is 0 Å². The molecule has 1 aromatic rings. The maximum atomic E-state index is 11.2. The number of aromatic amines is 1. The molecule has 1 amide bonds. The van der Waals surface area contributed by atoms with Crippen molar-refractivity contribution >= 4 is 22.1 Å². The van der Waals surface area contributed by atoms with Gasteiger partial charge in [-0.05, 0) is 6.92 Å². The number of carbonyl (C=O) groups is 1. The summed E-state index contributed by atoms with van der Waals surface area (Å²) in [5, 5.41) is 5.89. The fraction of sp³-hybridized carbons (Fsp3) is 0.333. The van der Waals surface area contributed by atoms with Gasteiger partial charge in [0.1, 0.15) is 5.82 Å². The van der Waals surface area contributed by atoms with Crippen LogP contribution in [-0.4, -0.2) is 31.3 Å². The summed E-state index contributed by atoms with van der Waals surface area (Å²) < 4.78 is 30.5. The van der Waals surface area contributed by atoms with Crippen molar-refractivity contribution in [3.05, 3.63) is 12.3 Å². The van der Waals surface area contributed by atoms with E-state index >= 15 is 0 Å². The topological polar surface area (TPSA) is 113 Å². The summed E-state index contributed by atoms with van der Waals surface area (Å²) in [6, 6.07) is 1.39. The third kappa shape index (κ3) is 3.85. The molecular weight excluding hydrogens is 224 g/mol. The van der Waals surface area contributed by atoms with Gasteiger partial charge in [0.15, 0.2) is 0 Å². The van der Waals surface area contributed by atoms with Crippen LogP contribution in [0.1, 0.15) is 6.92 Å². The van der Waals surface area contributed by atoms with E-state index in [0.717, 1.165) is 0 Å². The van der Waals surface area contributed by atoms with Gasteiger partial charge in [-0.25, -0.2) is 9.52 Å². The summed E-state index contributed by atoms with van der Waals surface area (Å²) in [6.45, 7) is 1.65. The number of anilines is 1. The lowest BCUT2D eigenvalue weighted by Gasteiger charge is -2.06. The molecule has 1 rings (SSSR count). The highest BCUT2D eigenvalue weighted by Crippen LogP contribution is 2.00. The summed E-state index contributed by atoms with van der Waals surface area (Å²) in [7, 11) is -3.97. The Bertz CT molecular complexity index is 412. The van der Waals surface area contributed by atoms with E-state index in [1.54, 1.807) is 11.6 Å². The van der Waals surface area contributed by atoms with E-state index in [9.17, 15) is 13.2 Å². The van der Waals surface area contributed by atoms with Crippen molar-refractivity contribution in [3.63, 3.8) is 0 Å². The van der Waals surface area contributed by atoms with E-state index in [4.69, 9.17) is 0 Å². The van der Waals surface area contributed by atoms with E-state index in [-0.39, 0.29) is 12.4 Å².